The number of alkyl halides is 1. The first-order valence-electron chi connectivity index (χ1n) is 7.00. The third-order valence-corrected chi connectivity index (χ3v) is 5.13. The van der Waals surface area contributed by atoms with Gasteiger partial charge >= 0.3 is 0 Å². The van der Waals surface area contributed by atoms with Crippen LogP contribution in [0.1, 0.15) is 38.2 Å². The molecule has 0 atom stereocenters. The summed E-state index contributed by atoms with van der Waals surface area (Å²) in [5.41, 5.74) is 1.20. The van der Waals surface area contributed by atoms with E-state index >= 15 is 0 Å². The number of ether oxygens (including phenoxy) is 2. The van der Waals surface area contributed by atoms with E-state index < -0.39 is 0 Å². The molecule has 0 saturated heterocycles. The van der Waals surface area contributed by atoms with E-state index in [0.717, 1.165) is 29.8 Å². The summed E-state index contributed by atoms with van der Waals surface area (Å²) in [6.07, 6.45) is 4.85. The van der Waals surface area contributed by atoms with E-state index in [4.69, 9.17) is 9.47 Å². The molecule has 0 aromatic heterocycles. The van der Waals surface area contributed by atoms with Crippen molar-refractivity contribution in [3.05, 3.63) is 29.8 Å². The zero-order chi connectivity index (χ0) is 13.7. The Labute approximate surface area is 124 Å². The molecule has 0 unspecified atom stereocenters. The van der Waals surface area contributed by atoms with Crippen molar-refractivity contribution in [3.63, 3.8) is 0 Å². The first-order valence-corrected chi connectivity index (χ1v) is 8.12. The summed E-state index contributed by atoms with van der Waals surface area (Å²) >= 11 is 3.64. The average Bonchev–Trinajstić information content (AvgIpc) is 2.47. The summed E-state index contributed by atoms with van der Waals surface area (Å²) in [4.78, 5) is 0. The van der Waals surface area contributed by atoms with Crippen molar-refractivity contribution in [2.75, 3.05) is 12.4 Å². The van der Waals surface area contributed by atoms with E-state index in [2.05, 4.69) is 28.9 Å². The highest BCUT2D eigenvalue weighted by Crippen LogP contribution is 2.36. The second-order valence-electron chi connectivity index (χ2n) is 5.64. The van der Waals surface area contributed by atoms with Crippen LogP contribution in [0, 0.1) is 5.92 Å². The molecule has 1 aromatic rings. The maximum absolute atomic E-state index is 6.25. The summed E-state index contributed by atoms with van der Waals surface area (Å²) in [7, 11) is 1.70. The van der Waals surface area contributed by atoms with Crippen LogP contribution in [0.4, 0.5) is 0 Å². The largest absolute Gasteiger partial charge is 0.497 e. The molecule has 0 heterocycles. The van der Waals surface area contributed by atoms with Crippen LogP contribution in [0.3, 0.4) is 0 Å². The third kappa shape index (κ3) is 3.96. The molecule has 1 aliphatic carbocycles. The van der Waals surface area contributed by atoms with Gasteiger partial charge in [-0.25, -0.2) is 0 Å². The standard InChI is InChI=1S/C16H23BrO2/c1-13-6-8-16(12-17,9-7-13)19-11-14-4-3-5-15(10-14)18-2/h3-5,10,13H,6-9,11-12H2,1-2H3. The second kappa shape index (κ2) is 6.76. The maximum Gasteiger partial charge on any atom is 0.119 e. The number of benzene rings is 1. The van der Waals surface area contributed by atoms with Crippen LogP contribution in [0.15, 0.2) is 24.3 Å². The summed E-state index contributed by atoms with van der Waals surface area (Å²) in [6, 6.07) is 8.12. The smallest absolute Gasteiger partial charge is 0.119 e. The van der Waals surface area contributed by atoms with Crippen molar-refractivity contribution < 1.29 is 9.47 Å². The van der Waals surface area contributed by atoms with Gasteiger partial charge in [-0.15, -0.1) is 0 Å². The molecule has 19 heavy (non-hydrogen) atoms. The normalized spacial score (nSPS) is 27.2. The Kier molecular flexibility index (Phi) is 5.28. The van der Waals surface area contributed by atoms with Gasteiger partial charge in [-0.2, -0.15) is 0 Å². The minimum Gasteiger partial charge on any atom is -0.497 e. The van der Waals surface area contributed by atoms with Crippen molar-refractivity contribution in [1.29, 1.82) is 0 Å². The molecule has 1 aliphatic rings. The van der Waals surface area contributed by atoms with Gasteiger partial charge in [0.15, 0.2) is 0 Å². The van der Waals surface area contributed by atoms with Crippen molar-refractivity contribution in [3.8, 4) is 5.75 Å². The van der Waals surface area contributed by atoms with Crippen LogP contribution < -0.4 is 4.74 Å². The van der Waals surface area contributed by atoms with Gasteiger partial charge in [0.1, 0.15) is 5.75 Å². The molecular weight excluding hydrogens is 304 g/mol. The van der Waals surface area contributed by atoms with E-state index in [0.29, 0.717) is 6.61 Å². The Morgan fingerprint density at radius 2 is 2.05 bits per heavy atom. The zero-order valence-electron chi connectivity index (χ0n) is 11.8. The van der Waals surface area contributed by atoms with Crippen LogP contribution in [0.2, 0.25) is 0 Å². The Hall–Kier alpha value is -0.540. The van der Waals surface area contributed by atoms with Gasteiger partial charge in [0.05, 0.1) is 19.3 Å². The van der Waals surface area contributed by atoms with Gasteiger partial charge < -0.3 is 9.47 Å². The fourth-order valence-electron chi connectivity index (χ4n) is 2.60. The van der Waals surface area contributed by atoms with Crippen molar-refractivity contribution in [2.45, 2.75) is 44.8 Å². The molecular formula is C16H23BrO2. The van der Waals surface area contributed by atoms with Crippen LogP contribution in [0.25, 0.3) is 0 Å². The first-order chi connectivity index (χ1) is 9.17. The first kappa shape index (κ1) is 14.9. The van der Waals surface area contributed by atoms with Gasteiger partial charge in [0.25, 0.3) is 0 Å². The lowest BCUT2D eigenvalue weighted by Crippen LogP contribution is -2.38. The Balaban J connectivity index is 1.95. The SMILES string of the molecule is COc1cccc(COC2(CBr)CCC(C)CC2)c1. The van der Waals surface area contributed by atoms with E-state index in [-0.39, 0.29) is 5.60 Å². The van der Waals surface area contributed by atoms with Crippen molar-refractivity contribution >= 4 is 15.9 Å². The minimum absolute atomic E-state index is 0.0234. The highest BCUT2D eigenvalue weighted by molar-refractivity contribution is 9.09. The van der Waals surface area contributed by atoms with E-state index in [1.807, 2.05) is 18.2 Å². The second-order valence-corrected chi connectivity index (χ2v) is 6.20. The molecule has 1 aromatic carbocycles. The number of methoxy groups -OCH3 is 1. The molecule has 2 rings (SSSR count). The topological polar surface area (TPSA) is 18.5 Å². The monoisotopic (exact) mass is 326 g/mol. The third-order valence-electron chi connectivity index (χ3n) is 4.11. The fraction of sp³-hybridized carbons (Fsp3) is 0.625. The summed E-state index contributed by atoms with van der Waals surface area (Å²) in [5.74, 6) is 1.74. The number of hydrogen-bond donors (Lipinski definition) is 0. The lowest BCUT2D eigenvalue weighted by Gasteiger charge is -2.38. The fourth-order valence-corrected chi connectivity index (χ4v) is 3.33. The summed E-state index contributed by atoms with van der Waals surface area (Å²) < 4.78 is 11.5. The van der Waals surface area contributed by atoms with E-state index in [1.54, 1.807) is 7.11 Å². The van der Waals surface area contributed by atoms with Crippen molar-refractivity contribution in [2.24, 2.45) is 5.92 Å². The Morgan fingerprint density at radius 1 is 1.32 bits per heavy atom. The summed E-state index contributed by atoms with van der Waals surface area (Å²) in [5, 5.41) is 0.927. The summed E-state index contributed by atoms with van der Waals surface area (Å²) in [6.45, 7) is 3.00. The van der Waals surface area contributed by atoms with E-state index in [1.165, 1.54) is 18.4 Å². The molecule has 0 N–H and O–H groups in total. The average molecular weight is 327 g/mol. The minimum atomic E-state index is 0.0234. The highest BCUT2D eigenvalue weighted by Gasteiger charge is 2.34. The molecule has 0 radical (unpaired) electrons. The molecule has 0 spiro atoms. The lowest BCUT2D eigenvalue weighted by atomic mass is 9.80. The van der Waals surface area contributed by atoms with Gasteiger partial charge in [-0.05, 0) is 49.3 Å². The van der Waals surface area contributed by atoms with Crippen LogP contribution in [-0.4, -0.2) is 18.0 Å². The molecule has 1 fully saturated rings. The number of rotatable bonds is 5. The van der Waals surface area contributed by atoms with Crippen LogP contribution >= 0.6 is 15.9 Å². The van der Waals surface area contributed by atoms with E-state index in [9.17, 15) is 0 Å². The molecule has 0 aliphatic heterocycles. The molecule has 3 heteroatoms. The highest BCUT2D eigenvalue weighted by atomic mass is 79.9. The Morgan fingerprint density at radius 3 is 2.68 bits per heavy atom. The van der Waals surface area contributed by atoms with Crippen molar-refractivity contribution in [1.82, 2.24) is 0 Å². The lowest BCUT2D eigenvalue weighted by molar-refractivity contribution is -0.0688. The predicted octanol–water partition coefficient (Wildman–Crippen LogP) is 4.56. The van der Waals surface area contributed by atoms with Gasteiger partial charge in [0, 0.05) is 5.33 Å². The quantitative estimate of drug-likeness (QED) is 0.739. The Bertz CT molecular complexity index is 397. The van der Waals surface area contributed by atoms with Gasteiger partial charge in [0.2, 0.25) is 0 Å². The molecule has 0 amide bonds. The predicted molar refractivity (Wildman–Crippen MR) is 81.9 cm³/mol. The molecule has 2 nitrogen and oxygen atoms in total. The molecule has 1 saturated carbocycles. The van der Waals surface area contributed by atoms with Crippen LogP contribution in [0.5, 0.6) is 5.75 Å². The maximum atomic E-state index is 6.25. The number of halogens is 1. The molecule has 0 bridgehead atoms. The number of hydrogen-bond acceptors (Lipinski definition) is 2. The van der Waals surface area contributed by atoms with Gasteiger partial charge in [-0.3, -0.25) is 0 Å². The molecule has 106 valence electrons. The van der Waals surface area contributed by atoms with Gasteiger partial charge in [-0.1, -0.05) is 35.0 Å². The van der Waals surface area contributed by atoms with Crippen LogP contribution in [-0.2, 0) is 11.3 Å². The zero-order valence-corrected chi connectivity index (χ0v) is 13.4.